The number of rotatable bonds is 3. The van der Waals surface area contributed by atoms with Gasteiger partial charge < -0.3 is 5.11 Å². The normalized spacial score (nSPS) is 15.9. The van der Waals surface area contributed by atoms with E-state index < -0.39 is 17.4 Å². The molecule has 0 radical (unpaired) electrons. The maximum Gasteiger partial charge on any atom is 0.187 e. The molecule has 2 nitrogen and oxygen atoms in total. The number of nitrogens with zero attached hydrogens (tertiary/aromatic N) is 1. The molecular weight excluding hydrogens is 304 g/mol. The molecule has 2 aromatic rings. The van der Waals surface area contributed by atoms with Crippen LogP contribution in [0.25, 0.3) is 11.1 Å². The van der Waals surface area contributed by atoms with E-state index in [-0.39, 0.29) is 0 Å². The summed E-state index contributed by atoms with van der Waals surface area (Å²) in [5.41, 5.74) is 1.11. The topological polar surface area (TPSA) is 33.1 Å². The van der Waals surface area contributed by atoms with Crippen molar-refractivity contribution < 1.29 is 13.9 Å². The third-order valence-electron chi connectivity index (χ3n) is 3.93. The van der Waals surface area contributed by atoms with Gasteiger partial charge in [0.15, 0.2) is 17.4 Å². The molecule has 0 unspecified atom stereocenters. The predicted molar refractivity (Wildman–Crippen MR) is 84.0 cm³/mol. The average Bonchev–Trinajstić information content (AvgIpc) is 2.54. The Morgan fingerprint density at radius 2 is 1.77 bits per heavy atom. The first-order valence-electron chi connectivity index (χ1n) is 7.45. The van der Waals surface area contributed by atoms with Crippen LogP contribution in [-0.2, 0) is 0 Å². The van der Waals surface area contributed by atoms with Crippen LogP contribution in [0.1, 0.15) is 32.1 Å². The molecule has 22 heavy (non-hydrogen) atoms. The first-order valence-corrected chi connectivity index (χ1v) is 8.33. The van der Waals surface area contributed by atoms with Gasteiger partial charge in [0.1, 0.15) is 5.03 Å². The molecule has 3 rings (SSSR count). The van der Waals surface area contributed by atoms with Gasteiger partial charge in [0.2, 0.25) is 0 Å². The van der Waals surface area contributed by atoms with Gasteiger partial charge in [-0.1, -0.05) is 25.3 Å². The lowest BCUT2D eigenvalue weighted by Gasteiger charge is -2.21. The van der Waals surface area contributed by atoms with E-state index in [4.69, 9.17) is 0 Å². The van der Waals surface area contributed by atoms with Gasteiger partial charge in [0.05, 0.1) is 0 Å². The highest BCUT2D eigenvalue weighted by molar-refractivity contribution is 8.00. The molecular formula is C17H17F2NOS. The molecule has 1 aliphatic rings. The van der Waals surface area contributed by atoms with Crippen molar-refractivity contribution in [2.45, 2.75) is 42.4 Å². The Labute approximate surface area is 132 Å². The van der Waals surface area contributed by atoms with Crippen molar-refractivity contribution in [3.63, 3.8) is 0 Å². The van der Waals surface area contributed by atoms with Gasteiger partial charge in [-0.05, 0) is 36.6 Å². The van der Waals surface area contributed by atoms with Gasteiger partial charge in [0.25, 0.3) is 0 Å². The summed E-state index contributed by atoms with van der Waals surface area (Å²) in [6.07, 6.45) is 7.73. The fourth-order valence-electron chi connectivity index (χ4n) is 2.77. The van der Waals surface area contributed by atoms with Gasteiger partial charge in [-0.25, -0.2) is 13.8 Å². The van der Waals surface area contributed by atoms with Crippen LogP contribution < -0.4 is 0 Å². The maximum absolute atomic E-state index is 13.6. The highest BCUT2D eigenvalue weighted by Crippen LogP contribution is 2.38. The molecule has 1 aromatic heterocycles. The summed E-state index contributed by atoms with van der Waals surface area (Å²) >= 11 is 1.68. The monoisotopic (exact) mass is 321 g/mol. The van der Waals surface area contributed by atoms with Crippen molar-refractivity contribution in [3.05, 3.63) is 42.1 Å². The summed E-state index contributed by atoms with van der Waals surface area (Å²) in [5.74, 6) is -2.84. The molecule has 1 fully saturated rings. The van der Waals surface area contributed by atoms with Gasteiger partial charge in [-0.15, -0.1) is 11.8 Å². The van der Waals surface area contributed by atoms with E-state index in [0.29, 0.717) is 16.4 Å². The molecule has 0 spiro atoms. The van der Waals surface area contributed by atoms with E-state index in [1.165, 1.54) is 19.3 Å². The lowest BCUT2D eigenvalue weighted by molar-refractivity contribution is 0.396. The Morgan fingerprint density at radius 1 is 1.09 bits per heavy atom. The van der Waals surface area contributed by atoms with Crippen LogP contribution in [-0.4, -0.2) is 15.3 Å². The summed E-state index contributed by atoms with van der Waals surface area (Å²) in [4.78, 5) is 4.39. The molecule has 1 aliphatic carbocycles. The summed E-state index contributed by atoms with van der Waals surface area (Å²) < 4.78 is 27.2. The number of aromatic hydroxyl groups is 1. The third-order valence-corrected chi connectivity index (χ3v) is 5.28. The molecule has 0 amide bonds. The number of pyridine rings is 1. The minimum atomic E-state index is -0.951. The Morgan fingerprint density at radius 3 is 2.45 bits per heavy atom. The van der Waals surface area contributed by atoms with Crippen molar-refractivity contribution >= 4 is 11.8 Å². The van der Waals surface area contributed by atoms with E-state index in [0.717, 1.165) is 30.0 Å². The number of hydrogen-bond acceptors (Lipinski definition) is 3. The second kappa shape index (κ2) is 6.65. The highest BCUT2D eigenvalue weighted by atomic mass is 32.2. The van der Waals surface area contributed by atoms with Crippen LogP contribution in [0.3, 0.4) is 0 Å². The zero-order chi connectivity index (χ0) is 15.5. The molecule has 1 heterocycles. The zero-order valence-electron chi connectivity index (χ0n) is 12.1. The Bertz CT molecular complexity index is 648. The lowest BCUT2D eigenvalue weighted by Crippen LogP contribution is -2.08. The zero-order valence-corrected chi connectivity index (χ0v) is 12.9. The SMILES string of the molecule is Oc1c(F)cc(-c2cccnc2SC2CCCCC2)cc1F. The standard InChI is InChI=1S/C17H17F2NOS/c18-14-9-11(10-15(19)16(14)21)13-7-4-8-20-17(13)22-12-5-2-1-3-6-12/h4,7-10,12,21H,1-3,5-6H2. The summed E-state index contributed by atoms with van der Waals surface area (Å²) in [5, 5.41) is 10.5. The summed E-state index contributed by atoms with van der Waals surface area (Å²) in [7, 11) is 0. The van der Waals surface area contributed by atoms with Crippen LogP contribution >= 0.6 is 11.8 Å². The fourth-order valence-corrected chi connectivity index (χ4v) is 4.09. The number of hydrogen-bond donors (Lipinski definition) is 1. The number of benzene rings is 1. The highest BCUT2D eigenvalue weighted by Gasteiger charge is 2.19. The second-order valence-electron chi connectivity index (χ2n) is 5.52. The minimum Gasteiger partial charge on any atom is -0.503 e. The van der Waals surface area contributed by atoms with Crippen LogP contribution in [0, 0.1) is 11.6 Å². The molecule has 0 aliphatic heterocycles. The van der Waals surface area contributed by atoms with Crippen LogP contribution in [0.5, 0.6) is 5.75 Å². The van der Waals surface area contributed by atoms with E-state index in [1.807, 2.05) is 6.07 Å². The van der Waals surface area contributed by atoms with E-state index >= 15 is 0 Å². The molecule has 0 bridgehead atoms. The molecule has 0 atom stereocenters. The van der Waals surface area contributed by atoms with Gasteiger partial charge in [0, 0.05) is 17.0 Å². The average molecular weight is 321 g/mol. The van der Waals surface area contributed by atoms with Crippen molar-refractivity contribution in [2.75, 3.05) is 0 Å². The molecule has 1 N–H and O–H groups in total. The molecule has 1 saturated carbocycles. The number of phenolic OH excluding ortho intramolecular Hbond substituents is 1. The first kappa shape index (κ1) is 15.3. The Balaban J connectivity index is 1.93. The Kier molecular flexibility index (Phi) is 4.62. The molecule has 1 aromatic carbocycles. The maximum atomic E-state index is 13.6. The van der Waals surface area contributed by atoms with Gasteiger partial charge in [-0.3, -0.25) is 0 Å². The number of phenols is 1. The van der Waals surface area contributed by atoms with Gasteiger partial charge in [-0.2, -0.15) is 0 Å². The second-order valence-corrected chi connectivity index (χ2v) is 6.81. The van der Waals surface area contributed by atoms with Crippen molar-refractivity contribution in [2.24, 2.45) is 0 Å². The smallest absolute Gasteiger partial charge is 0.187 e. The number of aromatic nitrogens is 1. The van der Waals surface area contributed by atoms with Crippen molar-refractivity contribution in [1.82, 2.24) is 4.98 Å². The largest absolute Gasteiger partial charge is 0.503 e. The number of halogens is 2. The first-order chi connectivity index (χ1) is 10.6. The summed E-state index contributed by atoms with van der Waals surface area (Å²) in [6.45, 7) is 0. The molecule has 0 saturated heterocycles. The van der Waals surface area contributed by atoms with Gasteiger partial charge >= 0.3 is 0 Å². The third kappa shape index (κ3) is 3.24. The van der Waals surface area contributed by atoms with E-state index in [9.17, 15) is 13.9 Å². The van der Waals surface area contributed by atoms with E-state index in [1.54, 1.807) is 24.0 Å². The fraction of sp³-hybridized carbons (Fsp3) is 0.353. The van der Waals surface area contributed by atoms with E-state index in [2.05, 4.69) is 4.98 Å². The predicted octanol–water partition coefficient (Wildman–Crippen LogP) is 5.16. The summed E-state index contributed by atoms with van der Waals surface area (Å²) in [6, 6.07) is 5.87. The van der Waals surface area contributed by atoms with Crippen molar-refractivity contribution in [1.29, 1.82) is 0 Å². The lowest BCUT2D eigenvalue weighted by atomic mass is 10.0. The number of thioether (sulfide) groups is 1. The molecule has 5 heteroatoms. The molecule has 116 valence electrons. The van der Waals surface area contributed by atoms with Crippen molar-refractivity contribution in [3.8, 4) is 16.9 Å². The van der Waals surface area contributed by atoms with Crippen LogP contribution in [0.2, 0.25) is 0 Å². The quantitative estimate of drug-likeness (QED) is 0.848. The minimum absolute atomic E-state index is 0.402. The van der Waals surface area contributed by atoms with Crippen LogP contribution in [0.15, 0.2) is 35.5 Å². The van der Waals surface area contributed by atoms with Crippen LogP contribution in [0.4, 0.5) is 8.78 Å². The Hall–Kier alpha value is -1.62.